The molecular weight excluding hydrogens is 260 g/mol. The summed E-state index contributed by atoms with van der Waals surface area (Å²) < 4.78 is 1.94. The molecule has 0 saturated heterocycles. The van der Waals surface area contributed by atoms with Crippen molar-refractivity contribution in [1.29, 1.82) is 0 Å². The molecule has 0 saturated carbocycles. The Kier molecular flexibility index (Phi) is 4.93. The van der Waals surface area contributed by atoms with Crippen molar-refractivity contribution in [1.82, 2.24) is 20.1 Å². The normalized spacial score (nSPS) is 12.6. The van der Waals surface area contributed by atoms with E-state index in [0.29, 0.717) is 6.54 Å². The van der Waals surface area contributed by atoms with Crippen LogP contribution in [0.15, 0.2) is 30.6 Å². The van der Waals surface area contributed by atoms with Crippen molar-refractivity contribution in [3.8, 4) is 0 Å². The van der Waals surface area contributed by atoms with Gasteiger partial charge < -0.3 is 5.32 Å². The van der Waals surface area contributed by atoms with Gasteiger partial charge in [0, 0.05) is 17.6 Å². The Morgan fingerprint density at radius 3 is 3.00 bits per heavy atom. The van der Waals surface area contributed by atoms with Crippen molar-refractivity contribution in [2.75, 3.05) is 0 Å². The quantitative estimate of drug-likeness (QED) is 0.882. The molecule has 102 valence electrons. The largest absolute Gasteiger partial charge is 0.303 e. The van der Waals surface area contributed by atoms with Crippen LogP contribution in [0.1, 0.15) is 37.7 Å². The first-order valence-electron chi connectivity index (χ1n) is 6.56. The summed E-state index contributed by atoms with van der Waals surface area (Å²) >= 11 is 6.00. The summed E-state index contributed by atoms with van der Waals surface area (Å²) in [5.41, 5.74) is 1.18. The number of nitrogens with one attached hydrogen (secondary N) is 1. The van der Waals surface area contributed by atoms with Crippen molar-refractivity contribution in [2.45, 2.75) is 39.4 Å². The summed E-state index contributed by atoms with van der Waals surface area (Å²) in [6.45, 7) is 5.86. The van der Waals surface area contributed by atoms with Crippen molar-refractivity contribution in [3.63, 3.8) is 0 Å². The molecular formula is C14H19ClN4. The minimum atomic E-state index is 0.227. The maximum atomic E-state index is 6.00. The Labute approximate surface area is 118 Å². The van der Waals surface area contributed by atoms with E-state index in [1.165, 1.54) is 5.56 Å². The first-order chi connectivity index (χ1) is 9.20. The lowest BCUT2D eigenvalue weighted by molar-refractivity contribution is 0.509. The van der Waals surface area contributed by atoms with Crippen molar-refractivity contribution < 1.29 is 0 Å². The van der Waals surface area contributed by atoms with Crippen LogP contribution in [0.5, 0.6) is 0 Å². The number of benzene rings is 1. The van der Waals surface area contributed by atoms with E-state index < -0.39 is 0 Å². The molecule has 0 aliphatic carbocycles. The van der Waals surface area contributed by atoms with E-state index in [4.69, 9.17) is 11.6 Å². The summed E-state index contributed by atoms with van der Waals surface area (Å²) in [5, 5.41) is 8.42. The molecule has 0 amide bonds. The van der Waals surface area contributed by atoms with Crippen LogP contribution in [-0.4, -0.2) is 14.8 Å². The predicted molar refractivity (Wildman–Crippen MR) is 77.0 cm³/mol. The maximum absolute atomic E-state index is 6.00. The van der Waals surface area contributed by atoms with Gasteiger partial charge in [-0.25, -0.2) is 9.67 Å². The van der Waals surface area contributed by atoms with Crippen LogP contribution in [0.2, 0.25) is 5.02 Å². The van der Waals surface area contributed by atoms with Crippen LogP contribution in [0.4, 0.5) is 0 Å². The van der Waals surface area contributed by atoms with Crippen LogP contribution in [0.3, 0.4) is 0 Å². The molecule has 0 bridgehead atoms. The third-order valence-corrected chi connectivity index (χ3v) is 3.28. The van der Waals surface area contributed by atoms with E-state index in [9.17, 15) is 0 Å². The summed E-state index contributed by atoms with van der Waals surface area (Å²) in [6.07, 6.45) is 2.66. The Morgan fingerprint density at radius 2 is 2.26 bits per heavy atom. The van der Waals surface area contributed by atoms with E-state index >= 15 is 0 Å². The number of hydrogen-bond donors (Lipinski definition) is 1. The standard InChI is InChI=1S/C14H19ClN4/c1-3-7-19-14(17-10-18-19)9-16-11(2)12-5-4-6-13(15)8-12/h4-6,8,10-11,16H,3,7,9H2,1-2H3/t11-/m0/s1. The molecule has 0 radical (unpaired) electrons. The van der Waals surface area contributed by atoms with Gasteiger partial charge in [0.25, 0.3) is 0 Å². The van der Waals surface area contributed by atoms with Gasteiger partial charge in [-0.1, -0.05) is 30.7 Å². The highest BCUT2D eigenvalue weighted by Gasteiger charge is 2.08. The smallest absolute Gasteiger partial charge is 0.140 e. The molecule has 0 fully saturated rings. The van der Waals surface area contributed by atoms with Crippen LogP contribution in [0.25, 0.3) is 0 Å². The SMILES string of the molecule is CCCn1ncnc1CN[C@@H](C)c1cccc(Cl)c1. The van der Waals surface area contributed by atoms with Crippen molar-refractivity contribution in [2.24, 2.45) is 0 Å². The molecule has 5 heteroatoms. The maximum Gasteiger partial charge on any atom is 0.140 e. The Hall–Kier alpha value is -1.39. The molecule has 1 aromatic carbocycles. The average molecular weight is 279 g/mol. The fraction of sp³-hybridized carbons (Fsp3) is 0.429. The average Bonchev–Trinajstić information content (AvgIpc) is 2.84. The lowest BCUT2D eigenvalue weighted by Gasteiger charge is -2.14. The molecule has 1 aromatic heterocycles. The van der Waals surface area contributed by atoms with Gasteiger partial charge in [0.05, 0.1) is 6.54 Å². The third-order valence-electron chi connectivity index (χ3n) is 3.05. The molecule has 0 aliphatic heterocycles. The first-order valence-corrected chi connectivity index (χ1v) is 6.94. The molecule has 1 heterocycles. The third kappa shape index (κ3) is 3.78. The molecule has 0 aliphatic rings. The molecule has 2 rings (SSSR count). The second kappa shape index (κ2) is 6.68. The molecule has 4 nitrogen and oxygen atoms in total. The second-order valence-corrected chi connectivity index (χ2v) is 4.99. The number of rotatable bonds is 6. The number of hydrogen-bond acceptors (Lipinski definition) is 3. The molecule has 2 aromatic rings. The van der Waals surface area contributed by atoms with E-state index in [1.54, 1.807) is 6.33 Å². The monoisotopic (exact) mass is 278 g/mol. The molecule has 1 N–H and O–H groups in total. The van der Waals surface area contributed by atoms with Crippen LogP contribution < -0.4 is 5.32 Å². The summed E-state index contributed by atoms with van der Waals surface area (Å²) in [4.78, 5) is 4.28. The van der Waals surface area contributed by atoms with Crippen molar-refractivity contribution in [3.05, 3.63) is 47.0 Å². The van der Waals surface area contributed by atoms with Gasteiger partial charge in [-0.2, -0.15) is 5.10 Å². The van der Waals surface area contributed by atoms with Gasteiger partial charge in [0.1, 0.15) is 12.2 Å². The molecule has 0 unspecified atom stereocenters. The van der Waals surface area contributed by atoms with Gasteiger partial charge in [-0.05, 0) is 31.0 Å². The molecule has 19 heavy (non-hydrogen) atoms. The predicted octanol–water partition coefficient (Wildman–Crippen LogP) is 3.19. The minimum Gasteiger partial charge on any atom is -0.303 e. The van der Waals surface area contributed by atoms with Gasteiger partial charge in [0.15, 0.2) is 0 Å². The van der Waals surface area contributed by atoms with Gasteiger partial charge >= 0.3 is 0 Å². The highest BCUT2D eigenvalue weighted by Crippen LogP contribution is 2.17. The zero-order valence-electron chi connectivity index (χ0n) is 11.3. The lowest BCUT2D eigenvalue weighted by atomic mass is 10.1. The lowest BCUT2D eigenvalue weighted by Crippen LogP contribution is -2.21. The first kappa shape index (κ1) is 14.0. The Bertz CT molecular complexity index is 524. The van der Waals surface area contributed by atoms with Crippen molar-refractivity contribution >= 4 is 11.6 Å². The minimum absolute atomic E-state index is 0.227. The molecule has 0 spiro atoms. The number of aromatic nitrogens is 3. The highest BCUT2D eigenvalue weighted by molar-refractivity contribution is 6.30. The van der Waals surface area contributed by atoms with Gasteiger partial charge in [0.2, 0.25) is 0 Å². The summed E-state index contributed by atoms with van der Waals surface area (Å²) in [6, 6.07) is 8.13. The zero-order valence-corrected chi connectivity index (χ0v) is 12.1. The fourth-order valence-corrected chi connectivity index (χ4v) is 2.16. The number of nitrogens with zero attached hydrogens (tertiary/aromatic N) is 3. The second-order valence-electron chi connectivity index (χ2n) is 4.56. The van der Waals surface area contributed by atoms with Gasteiger partial charge in [-0.3, -0.25) is 0 Å². The van der Waals surface area contributed by atoms with E-state index in [1.807, 2.05) is 22.9 Å². The van der Waals surface area contributed by atoms with E-state index in [0.717, 1.165) is 23.8 Å². The van der Waals surface area contributed by atoms with Crippen LogP contribution in [-0.2, 0) is 13.1 Å². The van der Waals surface area contributed by atoms with E-state index in [2.05, 4.69) is 35.3 Å². The number of aryl methyl sites for hydroxylation is 1. The Balaban J connectivity index is 1.96. The summed E-state index contributed by atoms with van der Waals surface area (Å²) in [5.74, 6) is 0.968. The highest BCUT2D eigenvalue weighted by atomic mass is 35.5. The van der Waals surface area contributed by atoms with Crippen LogP contribution >= 0.6 is 11.6 Å². The van der Waals surface area contributed by atoms with Crippen LogP contribution in [0, 0.1) is 0 Å². The number of halogens is 1. The summed E-state index contributed by atoms with van der Waals surface area (Å²) in [7, 11) is 0. The Morgan fingerprint density at radius 1 is 1.42 bits per heavy atom. The fourth-order valence-electron chi connectivity index (χ4n) is 1.96. The van der Waals surface area contributed by atoms with Gasteiger partial charge in [-0.15, -0.1) is 0 Å². The van der Waals surface area contributed by atoms with E-state index in [-0.39, 0.29) is 6.04 Å². The topological polar surface area (TPSA) is 42.7 Å². The molecule has 1 atom stereocenters. The zero-order chi connectivity index (χ0) is 13.7.